The number of aromatic nitrogens is 2. The molecule has 0 N–H and O–H groups in total. The van der Waals surface area contributed by atoms with E-state index in [0.717, 1.165) is 61.8 Å². The molecule has 28 heavy (non-hydrogen) atoms. The number of hydrogen-bond acceptors (Lipinski definition) is 5. The number of methoxy groups -OCH3 is 1. The Bertz CT molecular complexity index is 803. The predicted octanol–water partition coefficient (Wildman–Crippen LogP) is 3.68. The molecule has 1 amide bonds. The molecule has 0 unspecified atom stereocenters. The zero-order valence-electron chi connectivity index (χ0n) is 16.8. The van der Waals surface area contributed by atoms with E-state index in [0.29, 0.717) is 12.3 Å². The number of rotatable bonds is 7. The fourth-order valence-electron chi connectivity index (χ4n) is 4.29. The minimum Gasteiger partial charge on any atom is -0.497 e. The van der Waals surface area contributed by atoms with Crippen molar-refractivity contribution in [1.82, 2.24) is 15.0 Å². The van der Waals surface area contributed by atoms with Crippen molar-refractivity contribution in [2.24, 2.45) is 5.92 Å². The molecule has 1 saturated carbocycles. The Morgan fingerprint density at radius 3 is 2.54 bits per heavy atom. The third kappa shape index (κ3) is 4.21. The molecule has 150 valence electrons. The lowest BCUT2D eigenvalue weighted by Crippen LogP contribution is -2.46. The van der Waals surface area contributed by atoms with E-state index in [1.165, 1.54) is 12.8 Å². The van der Waals surface area contributed by atoms with Crippen LogP contribution in [0, 0.1) is 12.8 Å². The average Bonchev–Trinajstić information content (AvgIpc) is 3.43. The molecule has 0 spiro atoms. The van der Waals surface area contributed by atoms with Crippen LogP contribution in [-0.2, 0) is 16.6 Å². The van der Waals surface area contributed by atoms with E-state index in [1.54, 1.807) is 7.11 Å². The summed E-state index contributed by atoms with van der Waals surface area (Å²) in [6.45, 7) is 3.41. The second kappa shape index (κ2) is 7.94. The van der Waals surface area contributed by atoms with Crippen LogP contribution in [0.15, 0.2) is 28.8 Å². The molecule has 1 saturated heterocycles. The minimum atomic E-state index is -0.0221. The molecule has 2 aliphatic rings. The van der Waals surface area contributed by atoms with Crippen LogP contribution in [0.4, 0.5) is 0 Å². The summed E-state index contributed by atoms with van der Waals surface area (Å²) in [6, 6.07) is 7.95. The maximum absolute atomic E-state index is 12.7. The normalized spacial score (nSPS) is 18.9. The molecule has 2 fully saturated rings. The van der Waals surface area contributed by atoms with Crippen LogP contribution in [0.1, 0.15) is 55.8 Å². The van der Waals surface area contributed by atoms with Crippen molar-refractivity contribution in [3.63, 3.8) is 0 Å². The first-order valence-corrected chi connectivity index (χ1v) is 10.3. The summed E-state index contributed by atoms with van der Waals surface area (Å²) in [5.41, 5.74) is 1.14. The molecule has 1 aliphatic heterocycles. The highest BCUT2D eigenvalue weighted by Crippen LogP contribution is 2.46. The number of amides is 1. The SMILES string of the molecule is COc1ccc(CCC(=O)N2CCC(CC3CC3)(c3noc(C)n3)CC2)cc1. The number of benzene rings is 1. The maximum atomic E-state index is 12.7. The average molecular weight is 383 g/mol. The van der Waals surface area contributed by atoms with Gasteiger partial charge < -0.3 is 14.2 Å². The summed E-state index contributed by atoms with van der Waals surface area (Å²) in [7, 11) is 1.66. The van der Waals surface area contributed by atoms with Gasteiger partial charge >= 0.3 is 0 Å². The Kier molecular flexibility index (Phi) is 5.38. The molecule has 1 aliphatic carbocycles. The zero-order chi connectivity index (χ0) is 19.6. The standard InChI is InChI=1S/C22H29N3O3/c1-16-23-21(24-28-16)22(15-18-3-4-18)11-13-25(14-12-22)20(26)10-7-17-5-8-19(27-2)9-6-17/h5-6,8-9,18H,3-4,7,10-15H2,1-2H3. The lowest BCUT2D eigenvalue weighted by atomic mass is 9.73. The molecule has 6 heteroatoms. The number of carbonyl (C=O) groups excluding carboxylic acids is 1. The summed E-state index contributed by atoms with van der Waals surface area (Å²) >= 11 is 0. The smallest absolute Gasteiger partial charge is 0.223 e. The van der Waals surface area contributed by atoms with Gasteiger partial charge in [-0.1, -0.05) is 30.1 Å². The third-order valence-electron chi connectivity index (χ3n) is 6.24. The van der Waals surface area contributed by atoms with Crippen molar-refractivity contribution >= 4 is 5.91 Å². The van der Waals surface area contributed by atoms with E-state index in [2.05, 4.69) is 10.1 Å². The summed E-state index contributed by atoms with van der Waals surface area (Å²) in [6.07, 6.45) is 6.90. The van der Waals surface area contributed by atoms with E-state index in [1.807, 2.05) is 36.1 Å². The Morgan fingerprint density at radius 2 is 1.96 bits per heavy atom. The number of hydrogen-bond donors (Lipinski definition) is 0. The first-order valence-electron chi connectivity index (χ1n) is 10.3. The van der Waals surface area contributed by atoms with Gasteiger partial charge in [-0.25, -0.2) is 0 Å². The van der Waals surface area contributed by atoms with Gasteiger partial charge in [0.15, 0.2) is 5.82 Å². The van der Waals surface area contributed by atoms with Gasteiger partial charge in [0.1, 0.15) is 5.75 Å². The summed E-state index contributed by atoms with van der Waals surface area (Å²) in [5.74, 6) is 3.34. The molecule has 6 nitrogen and oxygen atoms in total. The predicted molar refractivity (Wildman–Crippen MR) is 105 cm³/mol. The number of carbonyl (C=O) groups is 1. The Hall–Kier alpha value is -2.37. The van der Waals surface area contributed by atoms with Gasteiger partial charge in [0.2, 0.25) is 11.8 Å². The maximum Gasteiger partial charge on any atom is 0.223 e. The monoisotopic (exact) mass is 383 g/mol. The third-order valence-corrected chi connectivity index (χ3v) is 6.24. The van der Waals surface area contributed by atoms with Crippen LogP contribution in [0.3, 0.4) is 0 Å². The van der Waals surface area contributed by atoms with E-state index in [9.17, 15) is 4.79 Å². The Morgan fingerprint density at radius 1 is 1.25 bits per heavy atom. The van der Waals surface area contributed by atoms with Gasteiger partial charge in [-0.3, -0.25) is 4.79 Å². The summed E-state index contributed by atoms with van der Waals surface area (Å²) in [5, 5.41) is 4.25. The molecule has 4 rings (SSSR count). The number of ether oxygens (including phenoxy) is 1. The van der Waals surface area contributed by atoms with Crippen LogP contribution in [0.25, 0.3) is 0 Å². The lowest BCUT2D eigenvalue weighted by Gasteiger charge is -2.40. The van der Waals surface area contributed by atoms with Gasteiger partial charge in [-0.15, -0.1) is 0 Å². The molecular formula is C22H29N3O3. The van der Waals surface area contributed by atoms with Crippen molar-refractivity contribution in [2.75, 3.05) is 20.2 Å². The van der Waals surface area contributed by atoms with E-state index in [4.69, 9.17) is 9.26 Å². The van der Waals surface area contributed by atoms with Crippen LogP contribution in [-0.4, -0.2) is 41.1 Å². The topological polar surface area (TPSA) is 68.5 Å². The summed E-state index contributed by atoms with van der Waals surface area (Å²) < 4.78 is 10.5. The molecule has 1 aromatic carbocycles. The minimum absolute atomic E-state index is 0.0221. The van der Waals surface area contributed by atoms with Crippen molar-refractivity contribution in [3.8, 4) is 5.75 Å². The van der Waals surface area contributed by atoms with Gasteiger partial charge in [-0.05, 0) is 49.3 Å². The van der Waals surface area contributed by atoms with Crippen LogP contribution in [0.5, 0.6) is 5.75 Å². The number of piperidine rings is 1. The Labute approximate surface area is 166 Å². The number of aryl methyl sites for hydroxylation is 2. The summed E-state index contributed by atoms with van der Waals surface area (Å²) in [4.78, 5) is 19.3. The second-order valence-corrected chi connectivity index (χ2v) is 8.29. The highest BCUT2D eigenvalue weighted by atomic mass is 16.5. The second-order valence-electron chi connectivity index (χ2n) is 8.29. The molecular weight excluding hydrogens is 354 g/mol. The molecule has 0 bridgehead atoms. The van der Waals surface area contributed by atoms with Crippen LogP contribution >= 0.6 is 0 Å². The van der Waals surface area contributed by atoms with Crippen LogP contribution < -0.4 is 4.74 Å². The van der Waals surface area contributed by atoms with Gasteiger partial charge in [0, 0.05) is 31.8 Å². The van der Waals surface area contributed by atoms with Crippen molar-refractivity contribution in [1.29, 1.82) is 0 Å². The molecule has 0 atom stereocenters. The number of nitrogens with zero attached hydrogens (tertiary/aromatic N) is 3. The highest BCUT2D eigenvalue weighted by molar-refractivity contribution is 5.76. The Balaban J connectivity index is 1.34. The highest BCUT2D eigenvalue weighted by Gasteiger charge is 2.44. The molecule has 2 heterocycles. The molecule has 0 radical (unpaired) electrons. The van der Waals surface area contributed by atoms with Gasteiger partial charge in [-0.2, -0.15) is 4.98 Å². The first kappa shape index (κ1) is 19.0. The first-order chi connectivity index (χ1) is 13.6. The van der Waals surface area contributed by atoms with Gasteiger partial charge in [0.25, 0.3) is 0 Å². The van der Waals surface area contributed by atoms with Crippen molar-refractivity contribution < 1.29 is 14.1 Å². The van der Waals surface area contributed by atoms with E-state index in [-0.39, 0.29) is 11.3 Å². The van der Waals surface area contributed by atoms with E-state index >= 15 is 0 Å². The lowest BCUT2D eigenvalue weighted by molar-refractivity contribution is -0.132. The number of likely N-dealkylation sites (tertiary alicyclic amines) is 1. The van der Waals surface area contributed by atoms with Crippen molar-refractivity contribution in [2.45, 2.75) is 57.3 Å². The van der Waals surface area contributed by atoms with E-state index < -0.39 is 0 Å². The van der Waals surface area contributed by atoms with Crippen molar-refractivity contribution in [3.05, 3.63) is 41.5 Å². The van der Waals surface area contributed by atoms with Crippen LogP contribution in [0.2, 0.25) is 0 Å². The van der Waals surface area contributed by atoms with Gasteiger partial charge in [0.05, 0.1) is 7.11 Å². The quantitative estimate of drug-likeness (QED) is 0.729. The fourth-order valence-corrected chi connectivity index (χ4v) is 4.29. The zero-order valence-corrected chi connectivity index (χ0v) is 16.8. The molecule has 1 aromatic heterocycles. The molecule has 2 aromatic rings. The largest absolute Gasteiger partial charge is 0.497 e. The fraction of sp³-hybridized carbons (Fsp3) is 0.591.